The van der Waals surface area contributed by atoms with Crippen LogP contribution in [-0.4, -0.2) is 5.92 Å². The first kappa shape index (κ1) is 10.9. The average Bonchev–Trinajstić information content (AvgIpc) is 2.63. The Balaban J connectivity index is 2.53. The maximum atomic E-state index is 13.4. The number of hydrogen-bond acceptors (Lipinski definition) is 1. The van der Waals surface area contributed by atoms with Gasteiger partial charge in [-0.15, -0.1) is 0 Å². The molecule has 0 radical (unpaired) electrons. The Morgan fingerprint density at radius 2 is 1.80 bits per heavy atom. The smallest absolute Gasteiger partial charge is 0.272 e. The van der Waals surface area contributed by atoms with Gasteiger partial charge in [0.1, 0.15) is 17.2 Å². The van der Waals surface area contributed by atoms with Crippen molar-refractivity contribution < 1.29 is 17.6 Å². The van der Waals surface area contributed by atoms with Crippen molar-refractivity contribution >= 4 is 15.9 Å². The van der Waals surface area contributed by atoms with Gasteiger partial charge in [-0.05, 0) is 22.0 Å². The summed E-state index contributed by atoms with van der Waals surface area (Å²) in [6.07, 6.45) is -0.616. The Hall–Kier alpha value is -0.620. The van der Waals surface area contributed by atoms with Gasteiger partial charge in [0.05, 0.1) is 4.47 Å². The van der Waals surface area contributed by atoms with E-state index >= 15 is 0 Å². The highest BCUT2D eigenvalue weighted by molar-refractivity contribution is 9.10. The van der Waals surface area contributed by atoms with Crippen LogP contribution < -0.4 is 5.73 Å². The van der Waals surface area contributed by atoms with Gasteiger partial charge in [-0.2, -0.15) is 0 Å². The van der Waals surface area contributed by atoms with E-state index in [0.29, 0.717) is 0 Å². The average molecular weight is 284 g/mol. The Labute approximate surface area is 91.4 Å². The maximum absolute atomic E-state index is 13.4. The van der Waals surface area contributed by atoms with E-state index in [9.17, 15) is 17.6 Å². The molecule has 1 fully saturated rings. The Bertz CT molecular complexity index is 434. The van der Waals surface area contributed by atoms with E-state index in [4.69, 9.17) is 5.73 Å². The highest BCUT2D eigenvalue weighted by atomic mass is 79.9. The first-order valence-corrected chi connectivity index (χ1v) is 4.89. The number of hydrogen-bond donors (Lipinski definition) is 1. The predicted molar refractivity (Wildman–Crippen MR) is 49.5 cm³/mol. The fourth-order valence-electron chi connectivity index (χ4n) is 1.47. The summed E-state index contributed by atoms with van der Waals surface area (Å²) in [6, 6.07) is 1.86. The van der Waals surface area contributed by atoms with Gasteiger partial charge in [-0.1, -0.05) is 6.07 Å². The molecule has 1 saturated carbocycles. The topological polar surface area (TPSA) is 26.0 Å². The van der Waals surface area contributed by atoms with Gasteiger partial charge < -0.3 is 5.73 Å². The molecule has 0 amide bonds. The zero-order chi connectivity index (χ0) is 11.4. The second-order valence-corrected chi connectivity index (χ2v) is 4.37. The third-order valence-corrected chi connectivity index (χ3v) is 3.27. The van der Waals surface area contributed by atoms with Crippen LogP contribution in [0.2, 0.25) is 0 Å². The predicted octanol–water partition coefficient (Wildman–Crippen LogP) is 2.92. The molecule has 0 aromatic heterocycles. The molecule has 1 aliphatic rings. The summed E-state index contributed by atoms with van der Waals surface area (Å²) < 4.78 is 51.6. The molecule has 2 rings (SSSR count). The lowest BCUT2D eigenvalue weighted by Crippen LogP contribution is -2.28. The summed E-state index contributed by atoms with van der Waals surface area (Å²) in [7, 11) is 0. The molecular weight excluding hydrogens is 278 g/mol. The number of halogens is 5. The van der Waals surface area contributed by atoms with Gasteiger partial charge in [-0.3, -0.25) is 0 Å². The fourth-order valence-corrected chi connectivity index (χ4v) is 1.81. The van der Waals surface area contributed by atoms with Crippen molar-refractivity contribution in [2.45, 2.75) is 17.9 Å². The van der Waals surface area contributed by atoms with Crippen molar-refractivity contribution in [3.8, 4) is 0 Å². The number of nitrogens with two attached hydrogens (primary N) is 1. The highest BCUT2D eigenvalue weighted by Gasteiger charge is 2.70. The zero-order valence-electron chi connectivity index (χ0n) is 7.33. The van der Waals surface area contributed by atoms with E-state index in [1.165, 1.54) is 0 Å². The minimum absolute atomic E-state index is 0.360. The van der Waals surface area contributed by atoms with Gasteiger partial charge in [0.15, 0.2) is 0 Å². The molecule has 1 atom stereocenters. The van der Waals surface area contributed by atoms with Crippen LogP contribution >= 0.6 is 15.9 Å². The first-order chi connectivity index (χ1) is 6.79. The minimum atomic E-state index is -3.12. The normalized spacial score (nSPS) is 27.9. The first-order valence-electron chi connectivity index (χ1n) is 4.10. The van der Waals surface area contributed by atoms with Crippen LogP contribution in [0, 0.1) is 11.6 Å². The summed E-state index contributed by atoms with van der Waals surface area (Å²) in [5, 5.41) is 0. The van der Waals surface area contributed by atoms with Gasteiger partial charge >= 0.3 is 0 Å². The molecule has 1 aliphatic carbocycles. The van der Waals surface area contributed by atoms with Crippen LogP contribution in [0.4, 0.5) is 17.6 Å². The molecule has 2 N–H and O–H groups in total. The third-order valence-electron chi connectivity index (χ3n) is 2.54. The summed E-state index contributed by atoms with van der Waals surface area (Å²) in [4.78, 5) is 0. The van der Waals surface area contributed by atoms with Crippen LogP contribution in [0.3, 0.4) is 0 Å². The molecule has 0 saturated heterocycles. The number of alkyl halides is 2. The molecule has 0 bridgehead atoms. The van der Waals surface area contributed by atoms with Crippen molar-refractivity contribution in [3.63, 3.8) is 0 Å². The lowest BCUT2D eigenvalue weighted by atomic mass is 10.0. The van der Waals surface area contributed by atoms with E-state index < -0.39 is 34.0 Å². The van der Waals surface area contributed by atoms with Crippen LogP contribution in [0.25, 0.3) is 0 Å². The van der Waals surface area contributed by atoms with E-state index in [2.05, 4.69) is 15.9 Å². The summed E-state index contributed by atoms with van der Waals surface area (Å²) in [5.74, 6) is -5.02. The van der Waals surface area contributed by atoms with Crippen molar-refractivity contribution in [2.24, 2.45) is 5.73 Å². The SMILES string of the molecule is NC1(c2ccc(F)c(Br)c2F)CC1(F)F. The quantitative estimate of drug-likeness (QED) is 0.622. The van der Waals surface area contributed by atoms with Crippen molar-refractivity contribution in [1.82, 2.24) is 0 Å². The monoisotopic (exact) mass is 283 g/mol. The summed E-state index contributed by atoms with van der Waals surface area (Å²) >= 11 is 2.64. The fraction of sp³-hybridized carbons (Fsp3) is 0.333. The second-order valence-electron chi connectivity index (χ2n) is 3.58. The summed E-state index contributed by atoms with van der Waals surface area (Å²) in [6.45, 7) is 0. The van der Waals surface area contributed by atoms with E-state index in [1.807, 2.05) is 0 Å². The minimum Gasteiger partial charge on any atom is -0.316 e. The molecular formula is C9H6BrF4N. The van der Waals surface area contributed by atoms with E-state index in [1.54, 1.807) is 0 Å². The highest BCUT2D eigenvalue weighted by Crippen LogP contribution is 2.58. The molecule has 1 aromatic rings. The zero-order valence-corrected chi connectivity index (χ0v) is 8.91. The summed E-state index contributed by atoms with van der Waals surface area (Å²) in [5.41, 5.74) is 2.98. The molecule has 0 aliphatic heterocycles. The van der Waals surface area contributed by atoms with E-state index in [0.717, 1.165) is 12.1 Å². The van der Waals surface area contributed by atoms with Crippen LogP contribution in [0.15, 0.2) is 16.6 Å². The van der Waals surface area contributed by atoms with Crippen molar-refractivity contribution in [2.75, 3.05) is 0 Å². The molecule has 0 spiro atoms. The van der Waals surface area contributed by atoms with Gasteiger partial charge in [0, 0.05) is 12.0 Å². The van der Waals surface area contributed by atoms with Crippen LogP contribution in [0.5, 0.6) is 0 Å². The van der Waals surface area contributed by atoms with Gasteiger partial charge in [-0.25, -0.2) is 17.6 Å². The van der Waals surface area contributed by atoms with Crippen LogP contribution in [0.1, 0.15) is 12.0 Å². The van der Waals surface area contributed by atoms with E-state index in [-0.39, 0.29) is 5.56 Å². The number of benzene rings is 1. The largest absolute Gasteiger partial charge is 0.316 e. The van der Waals surface area contributed by atoms with Crippen molar-refractivity contribution in [3.05, 3.63) is 33.8 Å². The Kier molecular flexibility index (Phi) is 2.14. The van der Waals surface area contributed by atoms with Gasteiger partial charge in [0.2, 0.25) is 0 Å². The lowest BCUT2D eigenvalue weighted by Gasteiger charge is -2.12. The lowest BCUT2D eigenvalue weighted by molar-refractivity contribution is 0.0881. The third kappa shape index (κ3) is 1.38. The Morgan fingerprint density at radius 3 is 2.27 bits per heavy atom. The van der Waals surface area contributed by atoms with Crippen LogP contribution in [-0.2, 0) is 5.54 Å². The molecule has 82 valence electrons. The number of rotatable bonds is 1. The molecule has 1 unspecified atom stereocenters. The molecule has 6 heteroatoms. The molecule has 15 heavy (non-hydrogen) atoms. The Morgan fingerprint density at radius 1 is 1.27 bits per heavy atom. The second kappa shape index (κ2) is 2.95. The molecule has 1 nitrogen and oxygen atoms in total. The standard InChI is InChI=1S/C9H6BrF4N/c10-6-5(11)2-1-4(7(6)12)8(15)3-9(8,13)14/h1-2H,3,15H2. The molecule has 0 heterocycles. The van der Waals surface area contributed by atoms with Gasteiger partial charge in [0.25, 0.3) is 5.92 Å². The maximum Gasteiger partial charge on any atom is 0.272 e. The molecule has 1 aromatic carbocycles. The van der Waals surface area contributed by atoms with Crippen molar-refractivity contribution in [1.29, 1.82) is 0 Å².